The molecule has 86 valence electrons. The highest BCUT2D eigenvalue weighted by Gasteiger charge is 2.31. The van der Waals surface area contributed by atoms with Crippen LogP contribution in [0.1, 0.15) is 5.56 Å². The van der Waals surface area contributed by atoms with Gasteiger partial charge in [-0.1, -0.05) is 6.07 Å². The monoisotopic (exact) mass is 238 g/mol. The average molecular weight is 238 g/mol. The smallest absolute Gasteiger partial charge is 0.406 e. The van der Waals surface area contributed by atoms with Crippen LogP contribution < -0.4 is 4.74 Å². The Morgan fingerprint density at radius 3 is 2.71 bits per heavy atom. The van der Waals surface area contributed by atoms with Crippen molar-refractivity contribution >= 4 is 10.9 Å². The maximum atomic E-state index is 12.1. The number of alkyl halides is 3. The Morgan fingerprint density at radius 1 is 1.29 bits per heavy atom. The van der Waals surface area contributed by atoms with Gasteiger partial charge in [-0.15, -0.1) is 13.2 Å². The normalized spacial score (nSPS) is 11.2. The molecule has 0 aliphatic rings. The molecule has 0 atom stereocenters. The van der Waals surface area contributed by atoms with Crippen LogP contribution in [0.15, 0.2) is 30.5 Å². The second-order valence-electron chi connectivity index (χ2n) is 3.21. The molecule has 2 aromatic rings. The van der Waals surface area contributed by atoms with E-state index in [0.29, 0.717) is 10.9 Å². The summed E-state index contributed by atoms with van der Waals surface area (Å²) in [7, 11) is 0. The quantitative estimate of drug-likeness (QED) is 0.767. The Balaban J connectivity index is 2.58. The van der Waals surface area contributed by atoms with Gasteiger partial charge in [-0.05, 0) is 12.1 Å². The molecule has 0 spiro atoms. The Kier molecular flexibility index (Phi) is 2.60. The van der Waals surface area contributed by atoms with Gasteiger partial charge in [-0.2, -0.15) is 5.26 Å². The highest BCUT2D eigenvalue weighted by atomic mass is 19.4. The largest absolute Gasteiger partial charge is 0.573 e. The SMILES string of the molecule is N#Cc1cc(OC(F)(F)F)cc2cccnc12. The van der Waals surface area contributed by atoms with Gasteiger partial charge >= 0.3 is 6.36 Å². The van der Waals surface area contributed by atoms with Gasteiger partial charge in [0.15, 0.2) is 0 Å². The topological polar surface area (TPSA) is 45.9 Å². The van der Waals surface area contributed by atoms with E-state index >= 15 is 0 Å². The number of nitrogens with zero attached hydrogens (tertiary/aromatic N) is 2. The van der Waals surface area contributed by atoms with Crippen LogP contribution in [0.5, 0.6) is 5.75 Å². The summed E-state index contributed by atoms with van der Waals surface area (Å²) in [6.45, 7) is 0. The number of nitriles is 1. The van der Waals surface area contributed by atoms with Crippen molar-refractivity contribution in [2.45, 2.75) is 6.36 Å². The van der Waals surface area contributed by atoms with Gasteiger partial charge in [0.05, 0.1) is 11.1 Å². The predicted molar refractivity (Wildman–Crippen MR) is 53.1 cm³/mol. The molecule has 0 unspecified atom stereocenters. The standard InChI is InChI=1S/C11H5F3N2O/c12-11(13,14)17-9-4-7-2-1-3-16-10(7)8(5-9)6-15/h1-5H. The van der Waals surface area contributed by atoms with Crippen molar-refractivity contribution in [2.24, 2.45) is 0 Å². The van der Waals surface area contributed by atoms with Gasteiger partial charge < -0.3 is 4.74 Å². The van der Waals surface area contributed by atoms with Crippen molar-refractivity contribution in [2.75, 3.05) is 0 Å². The zero-order valence-electron chi connectivity index (χ0n) is 8.32. The van der Waals surface area contributed by atoms with Gasteiger partial charge in [0.2, 0.25) is 0 Å². The Labute approximate surface area is 94.1 Å². The Bertz CT molecular complexity index is 602. The molecule has 2 rings (SSSR count). The van der Waals surface area contributed by atoms with Gasteiger partial charge in [-0.3, -0.25) is 4.98 Å². The first kappa shape index (κ1) is 11.2. The molecule has 17 heavy (non-hydrogen) atoms. The maximum absolute atomic E-state index is 12.1. The Hall–Kier alpha value is -2.29. The molecular formula is C11H5F3N2O. The molecule has 6 heteroatoms. The summed E-state index contributed by atoms with van der Waals surface area (Å²) in [5.74, 6) is -0.422. The van der Waals surface area contributed by atoms with E-state index in [1.807, 2.05) is 0 Å². The number of aromatic nitrogens is 1. The van der Waals surface area contributed by atoms with Crippen LogP contribution in [-0.2, 0) is 0 Å². The summed E-state index contributed by atoms with van der Waals surface area (Å²) in [4.78, 5) is 3.93. The van der Waals surface area contributed by atoms with Crippen molar-refractivity contribution in [3.05, 3.63) is 36.0 Å². The molecule has 3 nitrogen and oxygen atoms in total. The highest BCUT2D eigenvalue weighted by Crippen LogP contribution is 2.28. The summed E-state index contributed by atoms with van der Waals surface area (Å²) in [6.07, 6.45) is -3.31. The van der Waals surface area contributed by atoms with Crippen LogP contribution in [0.25, 0.3) is 10.9 Å². The lowest BCUT2D eigenvalue weighted by Gasteiger charge is -2.09. The number of halogens is 3. The first-order chi connectivity index (χ1) is 7.99. The van der Waals surface area contributed by atoms with Crippen LogP contribution in [0, 0.1) is 11.3 Å². The molecule has 1 heterocycles. The van der Waals surface area contributed by atoms with Gasteiger partial charge in [-0.25, -0.2) is 0 Å². The molecule has 0 saturated heterocycles. The summed E-state index contributed by atoms with van der Waals surface area (Å²) < 4.78 is 39.9. The van der Waals surface area contributed by atoms with E-state index in [1.54, 1.807) is 18.2 Å². The Morgan fingerprint density at radius 2 is 2.06 bits per heavy atom. The molecule has 1 aromatic heterocycles. The average Bonchev–Trinajstić information content (AvgIpc) is 2.25. The second-order valence-corrected chi connectivity index (χ2v) is 3.21. The maximum Gasteiger partial charge on any atom is 0.573 e. The number of ether oxygens (including phenoxy) is 1. The van der Waals surface area contributed by atoms with Gasteiger partial charge in [0.1, 0.15) is 11.8 Å². The first-order valence-corrected chi connectivity index (χ1v) is 4.54. The van der Waals surface area contributed by atoms with E-state index in [-0.39, 0.29) is 5.56 Å². The fraction of sp³-hybridized carbons (Fsp3) is 0.0909. The molecule has 0 amide bonds. The lowest BCUT2D eigenvalue weighted by Crippen LogP contribution is -2.17. The number of rotatable bonds is 1. The van der Waals surface area contributed by atoms with E-state index in [1.165, 1.54) is 12.3 Å². The van der Waals surface area contributed by atoms with E-state index in [9.17, 15) is 13.2 Å². The minimum atomic E-state index is -4.78. The van der Waals surface area contributed by atoms with Crippen molar-refractivity contribution in [1.29, 1.82) is 5.26 Å². The van der Waals surface area contributed by atoms with Crippen LogP contribution in [0.2, 0.25) is 0 Å². The summed E-state index contributed by atoms with van der Waals surface area (Å²) in [6, 6.07) is 7.13. The predicted octanol–water partition coefficient (Wildman–Crippen LogP) is 3.01. The second kappa shape index (κ2) is 3.94. The van der Waals surface area contributed by atoms with Gasteiger partial charge in [0, 0.05) is 17.6 Å². The molecular weight excluding hydrogens is 233 g/mol. The lowest BCUT2D eigenvalue weighted by molar-refractivity contribution is -0.274. The zero-order chi connectivity index (χ0) is 12.5. The number of benzene rings is 1. The number of hydrogen-bond acceptors (Lipinski definition) is 3. The molecule has 0 fully saturated rings. The van der Waals surface area contributed by atoms with Crippen LogP contribution in [0.3, 0.4) is 0 Å². The lowest BCUT2D eigenvalue weighted by atomic mass is 10.1. The van der Waals surface area contributed by atoms with E-state index in [0.717, 1.165) is 6.07 Å². The van der Waals surface area contributed by atoms with Crippen LogP contribution in [-0.4, -0.2) is 11.3 Å². The summed E-state index contributed by atoms with van der Waals surface area (Å²) in [5.41, 5.74) is 0.395. The molecule has 0 aliphatic carbocycles. The molecule has 0 aliphatic heterocycles. The van der Waals surface area contributed by atoms with Crippen molar-refractivity contribution in [1.82, 2.24) is 4.98 Å². The molecule has 0 bridgehead atoms. The minimum absolute atomic E-state index is 0.0438. The minimum Gasteiger partial charge on any atom is -0.406 e. The third-order valence-corrected chi connectivity index (χ3v) is 2.03. The summed E-state index contributed by atoms with van der Waals surface area (Å²) >= 11 is 0. The van der Waals surface area contributed by atoms with E-state index in [2.05, 4.69) is 9.72 Å². The van der Waals surface area contributed by atoms with E-state index < -0.39 is 12.1 Å². The zero-order valence-corrected chi connectivity index (χ0v) is 8.32. The fourth-order valence-electron chi connectivity index (χ4n) is 1.44. The van der Waals surface area contributed by atoms with Crippen LogP contribution in [0.4, 0.5) is 13.2 Å². The molecule has 1 aromatic carbocycles. The van der Waals surface area contributed by atoms with Crippen LogP contribution >= 0.6 is 0 Å². The first-order valence-electron chi connectivity index (χ1n) is 4.54. The van der Waals surface area contributed by atoms with Crippen molar-refractivity contribution in [3.8, 4) is 11.8 Å². The highest BCUT2D eigenvalue weighted by molar-refractivity contribution is 5.85. The van der Waals surface area contributed by atoms with Crippen molar-refractivity contribution < 1.29 is 17.9 Å². The number of fused-ring (bicyclic) bond motifs is 1. The number of pyridine rings is 1. The number of hydrogen-bond donors (Lipinski definition) is 0. The third kappa shape index (κ3) is 2.45. The molecule has 0 radical (unpaired) electrons. The summed E-state index contributed by atoms with van der Waals surface area (Å²) in [5, 5.41) is 9.25. The fourth-order valence-corrected chi connectivity index (χ4v) is 1.44. The van der Waals surface area contributed by atoms with E-state index in [4.69, 9.17) is 5.26 Å². The third-order valence-electron chi connectivity index (χ3n) is 2.03. The van der Waals surface area contributed by atoms with Gasteiger partial charge in [0.25, 0.3) is 0 Å². The molecule has 0 N–H and O–H groups in total. The van der Waals surface area contributed by atoms with Crippen molar-refractivity contribution in [3.63, 3.8) is 0 Å². The molecule has 0 saturated carbocycles.